The summed E-state index contributed by atoms with van der Waals surface area (Å²) < 4.78 is 31.2. The highest BCUT2D eigenvalue weighted by molar-refractivity contribution is 7.89. The number of aliphatic hydroxyl groups is 1. The minimum Gasteiger partial charge on any atom is -0.453 e. The Hall–Kier alpha value is -1.64. The number of anilines is 1. The molecule has 0 spiro atoms. The number of carbonyl (C=O) groups excluding carboxylic acids is 1. The van der Waals surface area contributed by atoms with Gasteiger partial charge in [0.05, 0.1) is 17.6 Å². The molecule has 1 aromatic carbocycles. The lowest BCUT2D eigenvalue weighted by atomic mass is 10.0. The molecule has 2 rings (SSSR count). The van der Waals surface area contributed by atoms with Crippen LogP contribution in [0.4, 0.5) is 10.5 Å². The molecule has 7 nitrogen and oxygen atoms in total. The molecule has 1 aliphatic rings. The number of hydrogen-bond donors (Lipinski definition) is 3. The van der Waals surface area contributed by atoms with E-state index in [1.54, 1.807) is 6.92 Å². The molecule has 0 heterocycles. The lowest BCUT2D eigenvalue weighted by Crippen LogP contribution is -2.42. The highest BCUT2D eigenvalue weighted by Gasteiger charge is 2.40. The molecule has 1 aromatic rings. The van der Waals surface area contributed by atoms with Crippen molar-refractivity contribution >= 4 is 21.8 Å². The van der Waals surface area contributed by atoms with Crippen LogP contribution in [0.3, 0.4) is 0 Å². The van der Waals surface area contributed by atoms with Crippen LogP contribution in [-0.4, -0.2) is 38.9 Å². The van der Waals surface area contributed by atoms with E-state index in [0.717, 1.165) is 12.8 Å². The molecule has 3 N–H and O–H groups in total. The molecule has 1 aliphatic carbocycles. The van der Waals surface area contributed by atoms with Crippen LogP contribution in [0.5, 0.6) is 0 Å². The van der Waals surface area contributed by atoms with E-state index >= 15 is 0 Å². The SMILES string of the molecule is COC(=O)Nc1ccc(S(=O)(=O)NC[C@@](C)(O)C2CC2)cc1. The summed E-state index contributed by atoms with van der Waals surface area (Å²) in [5.74, 6) is 0.154. The van der Waals surface area contributed by atoms with E-state index in [9.17, 15) is 18.3 Å². The summed E-state index contributed by atoms with van der Waals surface area (Å²) in [6.07, 6.45) is 1.21. The van der Waals surface area contributed by atoms with Crippen LogP contribution in [0.2, 0.25) is 0 Å². The highest BCUT2D eigenvalue weighted by atomic mass is 32.2. The third-order valence-electron chi connectivity index (χ3n) is 3.67. The van der Waals surface area contributed by atoms with Crippen LogP contribution < -0.4 is 10.0 Å². The maximum Gasteiger partial charge on any atom is 0.411 e. The average molecular weight is 328 g/mol. The number of carbonyl (C=O) groups is 1. The maximum absolute atomic E-state index is 12.2. The van der Waals surface area contributed by atoms with Crippen molar-refractivity contribution in [3.05, 3.63) is 24.3 Å². The summed E-state index contributed by atoms with van der Waals surface area (Å²) in [6, 6.07) is 5.67. The predicted molar refractivity (Wildman–Crippen MR) is 81.0 cm³/mol. The zero-order valence-electron chi connectivity index (χ0n) is 12.5. The van der Waals surface area contributed by atoms with E-state index < -0.39 is 21.7 Å². The summed E-state index contributed by atoms with van der Waals surface area (Å²) in [5, 5.41) is 12.6. The minimum absolute atomic E-state index is 0.0256. The van der Waals surface area contributed by atoms with Crippen molar-refractivity contribution in [1.82, 2.24) is 4.72 Å². The Morgan fingerprint density at radius 2 is 1.95 bits per heavy atom. The van der Waals surface area contributed by atoms with Crippen molar-refractivity contribution in [1.29, 1.82) is 0 Å². The van der Waals surface area contributed by atoms with Gasteiger partial charge >= 0.3 is 6.09 Å². The Kier molecular flexibility index (Phi) is 4.74. The van der Waals surface area contributed by atoms with Crippen molar-refractivity contribution in [2.45, 2.75) is 30.3 Å². The largest absolute Gasteiger partial charge is 0.453 e. The number of nitrogens with one attached hydrogen (secondary N) is 2. The van der Waals surface area contributed by atoms with Gasteiger partial charge in [-0.3, -0.25) is 5.32 Å². The molecule has 0 aliphatic heterocycles. The first-order chi connectivity index (χ1) is 10.2. The molecule has 1 fully saturated rings. The summed E-state index contributed by atoms with van der Waals surface area (Å²) in [7, 11) is -2.46. The van der Waals surface area contributed by atoms with Gasteiger partial charge in [0.25, 0.3) is 0 Å². The monoisotopic (exact) mass is 328 g/mol. The third kappa shape index (κ3) is 4.19. The van der Waals surface area contributed by atoms with E-state index in [2.05, 4.69) is 14.8 Å². The van der Waals surface area contributed by atoms with E-state index in [0.29, 0.717) is 5.69 Å². The Labute approximate surface area is 129 Å². The fourth-order valence-corrected chi connectivity index (χ4v) is 3.20. The van der Waals surface area contributed by atoms with E-state index in [1.165, 1.54) is 31.4 Å². The number of hydrogen-bond acceptors (Lipinski definition) is 5. The van der Waals surface area contributed by atoms with Crippen molar-refractivity contribution in [2.75, 3.05) is 19.0 Å². The lowest BCUT2D eigenvalue weighted by Gasteiger charge is -2.23. The molecule has 0 radical (unpaired) electrons. The number of sulfonamides is 1. The van der Waals surface area contributed by atoms with Crippen molar-refractivity contribution in [3.8, 4) is 0 Å². The second-order valence-corrected chi connectivity index (χ2v) is 7.36. The van der Waals surface area contributed by atoms with Crippen LogP contribution >= 0.6 is 0 Å². The smallest absolute Gasteiger partial charge is 0.411 e. The second kappa shape index (κ2) is 6.23. The van der Waals surface area contributed by atoms with Crippen LogP contribution in [0.1, 0.15) is 19.8 Å². The fraction of sp³-hybridized carbons (Fsp3) is 0.500. The topological polar surface area (TPSA) is 105 Å². The third-order valence-corrected chi connectivity index (χ3v) is 5.09. The van der Waals surface area contributed by atoms with Gasteiger partial charge in [0.15, 0.2) is 0 Å². The molecule has 1 amide bonds. The first-order valence-corrected chi connectivity index (χ1v) is 8.40. The molecule has 0 unspecified atom stereocenters. The summed E-state index contributed by atoms with van der Waals surface area (Å²) in [4.78, 5) is 11.1. The molecule has 8 heteroatoms. The fourth-order valence-electron chi connectivity index (χ4n) is 2.06. The number of ether oxygens (including phenoxy) is 1. The van der Waals surface area contributed by atoms with Gasteiger partial charge in [-0.05, 0) is 49.9 Å². The van der Waals surface area contributed by atoms with E-state index in [-0.39, 0.29) is 17.4 Å². The molecule has 22 heavy (non-hydrogen) atoms. The summed E-state index contributed by atoms with van der Waals surface area (Å²) >= 11 is 0. The van der Waals surface area contributed by atoms with Gasteiger partial charge in [-0.15, -0.1) is 0 Å². The van der Waals surface area contributed by atoms with Gasteiger partial charge in [0, 0.05) is 12.2 Å². The Morgan fingerprint density at radius 1 is 1.36 bits per heavy atom. The lowest BCUT2D eigenvalue weighted by molar-refractivity contribution is 0.0422. The molecular weight excluding hydrogens is 308 g/mol. The number of amides is 1. The van der Waals surface area contributed by atoms with Gasteiger partial charge in [-0.2, -0.15) is 0 Å². The molecule has 0 bridgehead atoms. The van der Waals surface area contributed by atoms with Crippen LogP contribution in [0, 0.1) is 5.92 Å². The molecule has 1 atom stereocenters. The van der Waals surface area contributed by atoms with Crippen LogP contribution in [-0.2, 0) is 14.8 Å². The van der Waals surface area contributed by atoms with Gasteiger partial charge in [0.2, 0.25) is 10.0 Å². The molecular formula is C14H20N2O5S. The van der Waals surface area contributed by atoms with Crippen molar-refractivity contribution in [3.63, 3.8) is 0 Å². The molecule has 122 valence electrons. The normalized spacial score (nSPS) is 17.6. The second-order valence-electron chi connectivity index (χ2n) is 5.60. The zero-order chi connectivity index (χ0) is 16.4. The Morgan fingerprint density at radius 3 is 2.45 bits per heavy atom. The average Bonchev–Trinajstić information content (AvgIpc) is 3.31. The highest BCUT2D eigenvalue weighted by Crippen LogP contribution is 2.39. The number of methoxy groups -OCH3 is 1. The number of rotatable bonds is 6. The Bertz CT molecular complexity index is 636. The molecule has 1 saturated carbocycles. The molecule has 0 aromatic heterocycles. The Balaban J connectivity index is 2.01. The van der Waals surface area contributed by atoms with Gasteiger partial charge in [0.1, 0.15) is 0 Å². The maximum atomic E-state index is 12.2. The van der Waals surface area contributed by atoms with Gasteiger partial charge in [-0.1, -0.05) is 0 Å². The summed E-state index contributed by atoms with van der Waals surface area (Å²) in [5.41, 5.74) is -0.602. The predicted octanol–water partition coefficient (Wildman–Crippen LogP) is 1.30. The van der Waals surface area contributed by atoms with Crippen molar-refractivity contribution in [2.24, 2.45) is 5.92 Å². The quantitative estimate of drug-likeness (QED) is 0.730. The minimum atomic E-state index is -3.70. The first kappa shape index (κ1) is 16.7. The van der Waals surface area contributed by atoms with Crippen LogP contribution in [0.25, 0.3) is 0 Å². The van der Waals surface area contributed by atoms with Gasteiger partial charge < -0.3 is 9.84 Å². The number of benzene rings is 1. The standard InChI is InChI=1S/C14H20N2O5S/c1-14(18,10-3-4-10)9-15-22(19,20)12-7-5-11(6-8-12)16-13(17)21-2/h5-8,10,15,18H,3-4,9H2,1-2H3,(H,16,17)/t14-/m1/s1. The van der Waals surface area contributed by atoms with E-state index in [1.807, 2.05) is 0 Å². The first-order valence-electron chi connectivity index (χ1n) is 6.92. The summed E-state index contributed by atoms with van der Waals surface area (Å²) in [6.45, 7) is 1.61. The van der Waals surface area contributed by atoms with E-state index in [4.69, 9.17) is 0 Å². The van der Waals surface area contributed by atoms with Crippen molar-refractivity contribution < 1.29 is 23.1 Å². The zero-order valence-corrected chi connectivity index (χ0v) is 13.3. The van der Waals surface area contributed by atoms with Gasteiger partial charge in [-0.25, -0.2) is 17.9 Å². The molecule has 0 saturated heterocycles. The van der Waals surface area contributed by atoms with Crippen LogP contribution in [0.15, 0.2) is 29.2 Å².